The van der Waals surface area contributed by atoms with E-state index in [0.29, 0.717) is 13.0 Å². The van der Waals surface area contributed by atoms with Crippen molar-refractivity contribution in [2.75, 3.05) is 6.54 Å². The number of aliphatic hydroxyl groups excluding tert-OH is 1. The van der Waals surface area contributed by atoms with E-state index in [1.54, 1.807) is 0 Å². The van der Waals surface area contributed by atoms with Crippen molar-refractivity contribution in [2.24, 2.45) is 0 Å². The summed E-state index contributed by atoms with van der Waals surface area (Å²) in [5, 5.41) is 13.5. The highest BCUT2D eigenvalue weighted by atomic mass is 16.3. The molecule has 1 heterocycles. The summed E-state index contributed by atoms with van der Waals surface area (Å²) in [5.74, 6) is 0. The van der Waals surface area contributed by atoms with Crippen LogP contribution < -0.4 is 11.0 Å². The van der Waals surface area contributed by atoms with E-state index >= 15 is 0 Å². The van der Waals surface area contributed by atoms with Gasteiger partial charge in [0.2, 0.25) is 0 Å². The highest BCUT2D eigenvalue weighted by Crippen LogP contribution is 2.17. The molecule has 0 fully saturated rings. The molecule has 4 N–H and O–H groups in total. The third-order valence-electron chi connectivity index (χ3n) is 4.01. The molecule has 0 saturated carbocycles. The summed E-state index contributed by atoms with van der Waals surface area (Å²) in [6.07, 6.45) is 0.195. The van der Waals surface area contributed by atoms with Crippen molar-refractivity contribution in [1.82, 2.24) is 15.3 Å². The number of H-pyrrole nitrogens is 2. The number of aromatic amines is 2. The van der Waals surface area contributed by atoms with Crippen LogP contribution in [0.25, 0.3) is 11.0 Å². The molecule has 2 aromatic carbocycles. The Morgan fingerprint density at radius 3 is 2.61 bits per heavy atom. The van der Waals surface area contributed by atoms with Crippen LogP contribution in [-0.4, -0.2) is 27.7 Å². The summed E-state index contributed by atoms with van der Waals surface area (Å²) in [4.78, 5) is 16.8. The number of fused-ring (bicyclic) bond motifs is 1. The maximum atomic E-state index is 11.3. The Hall–Kier alpha value is -2.37. The second-order valence-corrected chi connectivity index (χ2v) is 5.86. The molecule has 0 amide bonds. The first-order valence-electron chi connectivity index (χ1n) is 7.79. The van der Waals surface area contributed by atoms with Gasteiger partial charge in [-0.1, -0.05) is 36.4 Å². The average molecular weight is 311 g/mol. The number of aliphatic hydroxyl groups is 1. The quantitative estimate of drug-likeness (QED) is 0.563. The van der Waals surface area contributed by atoms with Crippen LogP contribution >= 0.6 is 0 Å². The van der Waals surface area contributed by atoms with Crippen LogP contribution in [0, 0.1) is 0 Å². The van der Waals surface area contributed by atoms with E-state index in [4.69, 9.17) is 0 Å². The minimum atomic E-state index is -0.435. The molecule has 1 aromatic heterocycles. The molecule has 0 aliphatic carbocycles. The van der Waals surface area contributed by atoms with E-state index in [1.807, 2.05) is 55.5 Å². The van der Waals surface area contributed by atoms with Gasteiger partial charge < -0.3 is 20.4 Å². The smallest absolute Gasteiger partial charge is 0.323 e. The maximum absolute atomic E-state index is 11.3. The highest BCUT2D eigenvalue weighted by molar-refractivity contribution is 5.75. The number of imidazole rings is 1. The predicted octanol–water partition coefficient (Wildman–Crippen LogP) is 2.11. The zero-order valence-corrected chi connectivity index (χ0v) is 13.0. The molecule has 0 spiro atoms. The fraction of sp³-hybridized carbons (Fsp3) is 0.278. The Balaban J connectivity index is 1.59. The number of hydrogen-bond acceptors (Lipinski definition) is 3. The van der Waals surface area contributed by atoms with Crippen molar-refractivity contribution in [3.63, 3.8) is 0 Å². The Morgan fingerprint density at radius 2 is 1.83 bits per heavy atom. The molecule has 23 heavy (non-hydrogen) atoms. The molecule has 3 aromatic rings. The van der Waals surface area contributed by atoms with Crippen molar-refractivity contribution in [1.29, 1.82) is 0 Å². The lowest BCUT2D eigenvalue weighted by Crippen LogP contribution is -2.30. The molecule has 5 nitrogen and oxygen atoms in total. The van der Waals surface area contributed by atoms with Gasteiger partial charge in [0.25, 0.3) is 0 Å². The van der Waals surface area contributed by atoms with Crippen molar-refractivity contribution >= 4 is 11.0 Å². The first kappa shape index (κ1) is 15.5. The molecule has 0 saturated heterocycles. The van der Waals surface area contributed by atoms with Gasteiger partial charge in [-0.2, -0.15) is 0 Å². The summed E-state index contributed by atoms with van der Waals surface area (Å²) < 4.78 is 0. The predicted molar refractivity (Wildman–Crippen MR) is 91.5 cm³/mol. The van der Waals surface area contributed by atoms with Crippen molar-refractivity contribution in [3.8, 4) is 0 Å². The topological polar surface area (TPSA) is 80.9 Å². The second kappa shape index (κ2) is 6.81. The zero-order valence-electron chi connectivity index (χ0n) is 13.0. The lowest BCUT2D eigenvalue weighted by atomic mass is 10.1. The van der Waals surface area contributed by atoms with Crippen LogP contribution in [0.4, 0.5) is 0 Å². The van der Waals surface area contributed by atoms with Gasteiger partial charge in [0.1, 0.15) is 0 Å². The highest BCUT2D eigenvalue weighted by Gasteiger charge is 2.10. The van der Waals surface area contributed by atoms with Gasteiger partial charge in [0.15, 0.2) is 0 Å². The fourth-order valence-electron chi connectivity index (χ4n) is 2.71. The summed E-state index contributed by atoms with van der Waals surface area (Å²) in [6.45, 7) is 2.55. The van der Waals surface area contributed by atoms with Gasteiger partial charge in [-0.05, 0) is 36.6 Å². The Bertz CT molecular complexity index is 823. The Labute approximate surface area is 134 Å². The molecule has 2 atom stereocenters. The van der Waals surface area contributed by atoms with Crippen molar-refractivity contribution in [3.05, 3.63) is 70.1 Å². The number of aromatic nitrogens is 2. The maximum Gasteiger partial charge on any atom is 0.323 e. The van der Waals surface area contributed by atoms with Gasteiger partial charge in [-0.25, -0.2) is 4.79 Å². The number of hydrogen-bond donors (Lipinski definition) is 4. The molecule has 120 valence electrons. The van der Waals surface area contributed by atoms with Crippen LogP contribution in [0.2, 0.25) is 0 Å². The summed E-state index contributed by atoms with van der Waals surface area (Å²) in [7, 11) is 0. The van der Waals surface area contributed by atoms with Gasteiger partial charge >= 0.3 is 5.69 Å². The first-order valence-corrected chi connectivity index (χ1v) is 7.79. The Kier molecular flexibility index (Phi) is 4.60. The SMILES string of the molecule is CC(NCC(O)Cc1ccccc1)c1ccc2[nH]c(=O)[nH]c2c1. The fourth-order valence-corrected chi connectivity index (χ4v) is 2.71. The number of rotatable bonds is 6. The minimum Gasteiger partial charge on any atom is -0.391 e. The summed E-state index contributed by atoms with van der Waals surface area (Å²) in [5.41, 5.74) is 3.59. The van der Waals surface area contributed by atoms with E-state index in [1.165, 1.54) is 0 Å². The molecule has 5 heteroatoms. The van der Waals surface area contributed by atoms with Crippen LogP contribution in [0.15, 0.2) is 53.3 Å². The number of benzene rings is 2. The molecule has 0 aliphatic rings. The standard InChI is InChI=1S/C18H21N3O2/c1-12(14-7-8-16-17(10-14)21-18(23)20-16)19-11-15(22)9-13-5-3-2-4-6-13/h2-8,10,12,15,19,22H,9,11H2,1H3,(H2,20,21,23). The molecule has 3 rings (SSSR count). The normalized spacial score (nSPS) is 14.0. The van der Waals surface area contributed by atoms with E-state index in [9.17, 15) is 9.90 Å². The lowest BCUT2D eigenvalue weighted by Gasteiger charge is -2.17. The van der Waals surface area contributed by atoms with Gasteiger partial charge in [0.05, 0.1) is 17.1 Å². The molecule has 0 aliphatic heterocycles. The van der Waals surface area contributed by atoms with E-state index in [2.05, 4.69) is 15.3 Å². The monoisotopic (exact) mass is 311 g/mol. The van der Waals surface area contributed by atoms with E-state index in [-0.39, 0.29) is 11.7 Å². The summed E-state index contributed by atoms with van der Waals surface area (Å²) in [6, 6.07) is 15.9. The van der Waals surface area contributed by atoms with Crippen molar-refractivity contribution < 1.29 is 5.11 Å². The zero-order chi connectivity index (χ0) is 16.2. The van der Waals surface area contributed by atoms with Crippen molar-refractivity contribution in [2.45, 2.75) is 25.5 Å². The van der Waals surface area contributed by atoms with E-state index < -0.39 is 6.10 Å². The lowest BCUT2D eigenvalue weighted by molar-refractivity contribution is 0.168. The van der Waals surface area contributed by atoms with Gasteiger partial charge in [0, 0.05) is 12.6 Å². The third-order valence-corrected chi connectivity index (χ3v) is 4.01. The average Bonchev–Trinajstić information content (AvgIpc) is 2.92. The van der Waals surface area contributed by atoms with Crippen LogP contribution in [0.3, 0.4) is 0 Å². The molecular weight excluding hydrogens is 290 g/mol. The van der Waals surface area contributed by atoms with Crippen LogP contribution in [-0.2, 0) is 6.42 Å². The summed E-state index contributed by atoms with van der Waals surface area (Å²) >= 11 is 0. The number of nitrogens with one attached hydrogen (secondary N) is 3. The van der Waals surface area contributed by atoms with Crippen LogP contribution in [0.1, 0.15) is 24.1 Å². The molecule has 0 bridgehead atoms. The molecular formula is C18H21N3O2. The minimum absolute atomic E-state index is 0.0863. The van der Waals surface area contributed by atoms with Gasteiger partial charge in [-0.3, -0.25) is 0 Å². The largest absolute Gasteiger partial charge is 0.391 e. The molecule has 0 radical (unpaired) electrons. The molecule has 2 unspecified atom stereocenters. The first-order chi connectivity index (χ1) is 11.1. The van der Waals surface area contributed by atoms with Crippen LogP contribution in [0.5, 0.6) is 0 Å². The second-order valence-electron chi connectivity index (χ2n) is 5.86. The van der Waals surface area contributed by atoms with E-state index in [0.717, 1.165) is 22.2 Å². The van der Waals surface area contributed by atoms with Gasteiger partial charge in [-0.15, -0.1) is 0 Å². The Morgan fingerprint density at radius 1 is 1.09 bits per heavy atom. The third kappa shape index (κ3) is 3.88.